The molecule has 0 saturated heterocycles. The third-order valence-corrected chi connectivity index (χ3v) is 4.28. The minimum Gasteiger partial charge on any atom is -0.480 e. The number of alkyl halides is 2. The van der Waals surface area contributed by atoms with E-state index in [9.17, 15) is 18.4 Å². The highest BCUT2D eigenvalue weighted by atomic mass is 32.1. The third-order valence-electron chi connectivity index (χ3n) is 3.18. The largest absolute Gasteiger partial charge is 0.480 e. The molecule has 0 spiro atoms. The van der Waals surface area contributed by atoms with Crippen molar-refractivity contribution >= 4 is 33.4 Å². The van der Waals surface area contributed by atoms with Crippen LogP contribution in [0.15, 0.2) is 24.3 Å². The van der Waals surface area contributed by atoms with E-state index in [1.165, 1.54) is 0 Å². The third kappa shape index (κ3) is 5.24. The Hall–Kier alpha value is -2.09. The maximum absolute atomic E-state index is 12.2. The average molecular weight is 342 g/mol. The summed E-state index contributed by atoms with van der Waals surface area (Å²) in [5, 5.41) is 11.8. The molecule has 2 aromatic rings. The molecular formula is C15H16F2N2O3S. The minimum absolute atomic E-state index is 0.0724. The quantitative estimate of drug-likeness (QED) is 0.773. The first kappa shape index (κ1) is 17.3. The number of carboxylic acids is 1. The maximum atomic E-state index is 12.2. The van der Waals surface area contributed by atoms with Gasteiger partial charge in [-0.25, -0.2) is 18.6 Å². The monoisotopic (exact) mass is 342 g/mol. The highest BCUT2D eigenvalue weighted by molar-refractivity contribution is 7.18. The first-order valence-corrected chi connectivity index (χ1v) is 7.92. The molecule has 0 radical (unpaired) electrons. The molecule has 1 heterocycles. The standard InChI is InChI=1S/C15H16F2N2O3S/c16-12(17)8-10(15(21)22)18-13(20)6-3-7-14-19-9-4-1-2-5-11(9)23-14/h1-2,4-5,10,12H,3,6-8H2,(H,18,20)(H,21,22). The van der Waals surface area contributed by atoms with Gasteiger partial charge in [-0.2, -0.15) is 0 Å². The van der Waals surface area contributed by atoms with Crippen molar-refractivity contribution in [1.29, 1.82) is 0 Å². The van der Waals surface area contributed by atoms with Crippen LogP contribution in [-0.2, 0) is 16.0 Å². The molecule has 1 atom stereocenters. The molecule has 5 nitrogen and oxygen atoms in total. The number of nitrogens with one attached hydrogen (secondary N) is 1. The first-order valence-electron chi connectivity index (χ1n) is 7.10. The van der Waals surface area contributed by atoms with E-state index in [0.29, 0.717) is 12.8 Å². The fourth-order valence-corrected chi connectivity index (χ4v) is 3.10. The lowest BCUT2D eigenvalue weighted by Gasteiger charge is -2.13. The molecule has 1 aromatic carbocycles. The number of carbonyl (C=O) groups excluding carboxylic acids is 1. The summed E-state index contributed by atoms with van der Waals surface area (Å²) in [6.45, 7) is 0. The number of rotatable bonds is 8. The van der Waals surface area contributed by atoms with E-state index in [-0.39, 0.29) is 6.42 Å². The molecule has 1 amide bonds. The van der Waals surface area contributed by atoms with E-state index < -0.39 is 30.8 Å². The Kier molecular flexibility index (Phi) is 5.97. The Balaban J connectivity index is 1.80. The van der Waals surface area contributed by atoms with Crippen molar-refractivity contribution < 1.29 is 23.5 Å². The van der Waals surface area contributed by atoms with Gasteiger partial charge in [0.25, 0.3) is 0 Å². The zero-order valence-electron chi connectivity index (χ0n) is 12.2. The lowest BCUT2D eigenvalue weighted by Crippen LogP contribution is -2.41. The molecule has 0 aliphatic rings. The van der Waals surface area contributed by atoms with Crippen LogP contribution in [-0.4, -0.2) is 34.4 Å². The number of halogens is 2. The highest BCUT2D eigenvalue weighted by Crippen LogP contribution is 2.22. The van der Waals surface area contributed by atoms with Crippen molar-refractivity contribution in [3.05, 3.63) is 29.3 Å². The highest BCUT2D eigenvalue weighted by Gasteiger charge is 2.23. The van der Waals surface area contributed by atoms with Crippen LogP contribution in [0.5, 0.6) is 0 Å². The molecular weight excluding hydrogens is 326 g/mol. The van der Waals surface area contributed by atoms with Gasteiger partial charge in [0.1, 0.15) is 6.04 Å². The summed E-state index contributed by atoms with van der Waals surface area (Å²) >= 11 is 1.54. The number of nitrogens with zero attached hydrogens (tertiary/aromatic N) is 1. The van der Waals surface area contributed by atoms with Crippen LogP contribution in [0.25, 0.3) is 10.2 Å². The van der Waals surface area contributed by atoms with E-state index in [2.05, 4.69) is 10.3 Å². The predicted octanol–water partition coefficient (Wildman–Crippen LogP) is 2.84. The van der Waals surface area contributed by atoms with E-state index in [1.807, 2.05) is 24.3 Å². The van der Waals surface area contributed by atoms with E-state index in [4.69, 9.17) is 5.11 Å². The normalized spacial score (nSPS) is 12.5. The summed E-state index contributed by atoms with van der Waals surface area (Å²) in [5.41, 5.74) is 0.903. The number of aromatic nitrogens is 1. The number of hydrogen-bond acceptors (Lipinski definition) is 4. The molecule has 0 aliphatic carbocycles. The van der Waals surface area contributed by atoms with Crippen molar-refractivity contribution in [2.45, 2.75) is 38.2 Å². The van der Waals surface area contributed by atoms with Gasteiger partial charge in [0.2, 0.25) is 12.3 Å². The SMILES string of the molecule is O=C(CCCc1nc2ccccc2s1)NC(CC(F)F)C(=O)O. The van der Waals surface area contributed by atoms with Gasteiger partial charge >= 0.3 is 5.97 Å². The molecule has 1 aromatic heterocycles. The van der Waals surface area contributed by atoms with Crippen LogP contribution in [0, 0.1) is 0 Å². The Bertz CT molecular complexity index is 657. The maximum Gasteiger partial charge on any atom is 0.326 e. The molecule has 124 valence electrons. The molecule has 0 aliphatic heterocycles. The molecule has 23 heavy (non-hydrogen) atoms. The van der Waals surface area contributed by atoms with Gasteiger partial charge in [-0.15, -0.1) is 11.3 Å². The summed E-state index contributed by atoms with van der Waals surface area (Å²) in [6.07, 6.45) is -2.53. The minimum atomic E-state index is -2.78. The Morgan fingerprint density at radius 1 is 1.30 bits per heavy atom. The van der Waals surface area contributed by atoms with Crippen molar-refractivity contribution in [2.75, 3.05) is 0 Å². The Morgan fingerprint density at radius 2 is 2.04 bits per heavy atom. The van der Waals surface area contributed by atoms with Gasteiger partial charge in [0.05, 0.1) is 15.2 Å². The zero-order valence-corrected chi connectivity index (χ0v) is 13.0. The summed E-state index contributed by atoms with van der Waals surface area (Å²) in [6, 6.07) is 6.14. The van der Waals surface area contributed by atoms with E-state index in [0.717, 1.165) is 15.2 Å². The molecule has 0 fully saturated rings. The van der Waals surface area contributed by atoms with Gasteiger partial charge in [-0.1, -0.05) is 12.1 Å². The molecule has 0 saturated carbocycles. The van der Waals surface area contributed by atoms with Crippen LogP contribution in [0.3, 0.4) is 0 Å². The van der Waals surface area contributed by atoms with Crippen LogP contribution >= 0.6 is 11.3 Å². The summed E-state index contributed by atoms with van der Waals surface area (Å²) < 4.78 is 25.6. The molecule has 1 unspecified atom stereocenters. The number of benzene rings is 1. The fourth-order valence-electron chi connectivity index (χ4n) is 2.09. The number of para-hydroxylation sites is 1. The van der Waals surface area contributed by atoms with Crippen LogP contribution < -0.4 is 5.32 Å². The summed E-state index contributed by atoms with van der Waals surface area (Å²) in [7, 11) is 0. The number of fused-ring (bicyclic) bond motifs is 1. The lowest BCUT2D eigenvalue weighted by atomic mass is 10.2. The summed E-state index contributed by atoms with van der Waals surface area (Å²) in [4.78, 5) is 26.9. The fraction of sp³-hybridized carbons (Fsp3) is 0.400. The van der Waals surface area contributed by atoms with Crippen molar-refractivity contribution in [1.82, 2.24) is 10.3 Å². The number of thiazole rings is 1. The van der Waals surface area contributed by atoms with Crippen molar-refractivity contribution in [2.24, 2.45) is 0 Å². The smallest absolute Gasteiger partial charge is 0.326 e. The second-order valence-corrected chi connectivity index (χ2v) is 6.13. The first-order chi connectivity index (χ1) is 11.0. The predicted molar refractivity (Wildman–Crippen MR) is 82.7 cm³/mol. The summed E-state index contributed by atoms with van der Waals surface area (Å²) in [5.74, 6) is -2.00. The van der Waals surface area contributed by atoms with Gasteiger partial charge in [0, 0.05) is 12.8 Å². The van der Waals surface area contributed by atoms with Gasteiger partial charge < -0.3 is 10.4 Å². The van der Waals surface area contributed by atoms with Crippen LogP contribution in [0.1, 0.15) is 24.3 Å². The average Bonchev–Trinajstić information content (AvgIpc) is 2.88. The van der Waals surface area contributed by atoms with Crippen molar-refractivity contribution in [3.8, 4) is 0 Å². The molecule has 2 N–H and O–H groups in total. The Labute approximate surface area is 135 Å². The van der Waals surface area contributed by atoms with Crippen molar-refractivity contribution in [3.63, 3.8) is 0 Å². The molecule has 2 rings (SSSR count). The second kappa shape index (κ2) is 7.96. The lowest BCUT2D eigenvalue weighted by molar-refractivity contribution is -0.143. The zero-order chi connectivity index (χ0) is 16.8. The van der Waals surface area contributed by atoms with Crippen LogP contribution in [0.4, 0.5) is 8.78 Å². The second-order valence-electron chi connectivity index (χ2n) is 5.01. The van der Waals surface area contributed by atoms with Gasteiger partial charge in [0.15, 0.2) is 0 Å². The molecule has 8 heteroatoms. The number of aliphatic carboxylic acids is 1. The van der Waals surface area contributed by atoms with Gasteiger partial charge in [-0.3, -0.25) is 4.79 Å². The number of hydrogen-bond donors (Lipinski definition) is 2. The number of amides is 1. The Morgan fingerprint density at radius 3 is 2.70 bits per heavy atom. The molecule has 0 bridgehead atoms. The van der Waals surface area contributed by atoms with E-state index in [1.54, 1.807) is 11.3 Å². The number of carbonyl (C=O) groups is 2. The van der Waals surface area contributed by atoms with Crippen LogP contribution in [0.2, 0.25) is 0 Å². The topological polar surface area (TPSA) is 79.3 Å². The number of aryl methyl sites for hydroxylation is 1. The number of carboxylic acid groups (broad SMARTS) is 1. The van der Waals surface area contributed by atoms with E-state index >= 15 is 0 Å². The van der Waals surface area contributed by atoms with Gasteiger partial charge in [-0.05, 0) is 25.0 Å².